The topological polar surface area (TPSA) is 9.23 Å². The largest absolute Gasteiger partial charge is 1.00 e. The molecule has 0 rings (SSSR count). The third kappa shape index (κ3) is 43.1. The Morgan fingerprint density at radius 1 is 0.426 bits per heavy atom. The van der Waals surface area contributed by atoms with Gasteiger partial charge in [-0.1, -0.05) is 159 Å². The molecule has 0 saturated heterocycles. The first-order valence-electron chi connectivity index (χ1n) is 20.5. The van der Waals surface area contributed by atoms with E-state index in [1.807, 2.05) is 0 Å². The lowest BCUT2D eigenvalue weighted by Crippen LogP contribution is -3.00. The van der Waals surface area contributed by atoms with Gasteiger partial charge in [0, 0.05) is 6.42 Å². The first-order valence-corrected chi connectivity index (χ1v) is 20.5. The van der Waals surface area contributed by atoms with Gasteiger partial charge >= 0.3 is 0 Å². The van der Waals surface area contributed by atoms with E-state index in [4.69, 9.17) is 4.74 Å². The molecule has 0 radical (unpaired) electrons. The maximum atomic E-state index is 6.46. The molecule has 0 saturated carbocycles. The standard InChI is InChI=1S/C44H84NO.ClH/c1-6-8-10-12-14-16-18-20-22-24-26-28-30-32-34-36-38-41-44(46-43-39-42-45(3,4)5)40-37-35-33-31-29-27-25-23-21-19-17-15-13-11-9-7-2;/h15-18,21-24,44H,6-14,19-20,25-43H2,1-5H3;1H/q+1;/p-1/b17-15+,18-16+,23-21+,24-22+;. The number of rotatable bonds is 36. The van der Waals surface area contributed by atoms with Gasteiger partial charge in [-0.15, -0.1) is 0 Å². The number of quaternary nitrogens is 1. The van der Waals surface area contributed by atoms with E-state index in [1.165, 1.54) is 173 Å². The molecule has 0 N–H and O–H groups in total. The highest BCUT2D eigenvalue weighted by atomic mass is 35.5. The van der Waals surface area contributed by atoms with Gasteiger partial charge < -0.3 is 21.6 Å². The van der Waals surface area contributed by atoms with Crippen LogP contribution >= 0.6 is 0 Å². The molecule has 0 aromatic rings. The molecule has 0 fully saturated rings. The quantitative estimate of drug-likeness (QED) is 0.0364. The number of hydrogen-bond acceptors (Lipinski definition) is 1. The molecule has 278 valence electrons. The van der Waals surface area contributed by atoms with E-state index in [2.05, 4.69) is 83.6 Å². The summed E-state index contributed by atoms with van der Waals surface area (Å²) in [7, 11) is 6.85. The van der Waals surface area contributed by atoms with Crippen molar-refractivity contribution in [2.75, 3.05) is 34.3 Å². The van der Waals surface area contributed by atoms with Crippen molar-refractivity contribution in [2.45, 2.75) is 200 Å². The summed E-state index contributed by atoms with van der Waals surface area (Å²) in [6.45, 7) is 6.69. The Kier molecular flexibility index (Phi) is 40.7. The highest BCUT2D eigenvalue weighted by Crippen LogP contribution is 2.18. The Hall–Kier alpha value is -0.830. The van der Waals surface area contributed by atoms with Crippen LogP contribution in [-0.2, 0) is 4.74 Å². The lowest BCUT2D eigenvalue weighted by Gasteiger charge is -2.24. The summed E-state index contributed by atoms with van der Waals surface area (Å²) in [4.78, 5) is 0. The van der Waals surface area contributed by atoms with Crippen LogP contribution in [0.2, 0.25) is 0 Å². The van der Waals surface area contributed by atoms with Crippen molar-refractivity contribution >= 4 is 0 Å². The van der Waals surface area contributed by atoms with Crippen molar-refractivity contribution in [3.05, 3.63) is 48.6 Å². The number of ether oxygens (including phenoxy) is 1. The molecule has 0 aliphatic rings. The molecule has 1 atom stereocenters. The van der Waals surface area contributed by atoms with Gasteiger partial charge in [0.25, 0.3) is 0 Å². The summed E-state index contributed by atoms with van der Waals surface area (Å²) in [5.74, 6) is 0. The Morgan fingerprint density at radius 3 is 1.17 bits per heavy atom. The molecule has 47 heavy (non-hydrogen) atoms. The van der Waals surface area contributed by atoms with Crippen molar-refractivity contribution in [2.24, 2.45) is 0 Å². The van der Waals surface area contributed by atoms with Crippen LogP contribution in [0, 0.1) is 0 Å². The van der Waals surface area contributed by atoms with Crippen molar-refractivity contribution < 1.29 is 21.6 Å². The van der Waals surface area contributed by atoms with Gasteiger partial charge in [-0.25, -0.2) is 0 Å². The Labute approximate surface area is 303 Å². The number of allylic oxidation sites excluding steroid dienone is 8. The van der Waals surface area contributed by atoms with Gasteiger partial charge in [0.1, 0.15) is 0 Å². The van der Waals surface area contributed by atoms with Crippen LogP contribution < -0.4 is 12.4 Å². The molecular formula is C44H84ClNO. The molecule has 0 spiro atoms. The average molecular weight is 679 g/mol. The molecule has 2 nitrogen and oxygen atoms in total. The minimum Gasteiger partial charge on any atom is -1.00 e. The molecule has 1 unspecified atom stereocenters. The van der Waals surface area contributed by atoms with E-state index >= 15 is 0 Å². The summed E-state index contributed by atoms with van der Waals surface area (Å²) in [5.41, 5.74) is 0. The van der Waals surface area contributed by atoms with E-state index in [0.717, 1.165) is 23.9 Å². The van der Waals surface area contributed by atoms with Gasteiger partial charge in [-0.2, -0.15) is 0 Å². The second kappa shape index (κ2) is 39.6. The van der Waals surface area contributed by atoms with Gasteiger partial charge in [0.2, 0.25) is 0 Å². The van der Waals surface area contributed by atoms with Crippen LogP contribution in [0.15, 0.2) is 48.6 Å². The first kappa shape index (κ1) is 48.3. The Bertz CT molecular complexity index is 704. The maximum absolute atomic E-state index is 6.46. The van der Waals surface area contributed by atoms with Crippen LogP contribution in [-0.4, -0.2) is 44.9 Å². The molecule has 0 aromatic heterocycles. The highest BCUT2D eigenvalue weighted by Gasteiger charge is 2.11. The predicted octanol–water partition coefficient (Wildman–Crippen LogP) is 11.3. The second-order valence-electron chi connectivity index (χ2n) is 15.0. The van der Waals surface area contributed by atoms with Gasteiger partial charge in [0.05, 0.1) is 40.4 Å². The van der Waals surface area contributed by atoms with Gasteiger partial charge in [-0.05, 0) is 77.0 Å². The smallest absolute Gasteiger partial charge is 0.0802 e. The Balaban J connectivity index is 0. The summed E-state index contributed by atoms with van der Waals surface area (Å²) < 4.78 is 7.49. The van der Waals surface area contributed by atoms with E-state index < -0.39 is 0 Å². The van der Waals surface area contributed by atoms with Crippen LogP contribution in [0.3, 0.4) is 0 Å². The van der Waals surface area contributed by atoms with Gasteiger partial charge in [0.15, 0.2) is 0 Å². The minimum absolute atomic E-state index is 0. The monoisotopic (exact) mass is 678 g/mol. The zero-order valence-corrected chi connectivity index (χ0v) is 33.4. The van der Waals surface area contributed by atoms with E-state index in [9.17, 15) is 0 Å². The molecule has 3 heteroatoms. The van der Waals surface area contributed by atoms with Crippen molar-refractivity contribution in [1.29, 1.82) is 0 Å². The summed E-state index contributed by atoms with van der Waals surface area (Å²) in [6, 6.07) is 0. The molecular weight excluding hydrogens is 594 g/mol. The van der Waals surface area contributed by atoms with Gasteiger partial charge in [-0.3, -0.25) is 0 Å². The number of hydrogen-bond donors (Lipinski definition) is 0. The fraction of sp³-hybridized carbons (Fsp3) is 0.818. The van der Waals surface area contributed by atoms with E-state index in [0.29, 0.717) is 6.10 Å². The first-order chi connectivity index (χ1) is 22.5. The number of halogens is 1. The molecule has 0 bridgehead atoms. The molecule has 0 amide bonds. The maximum Gasteiger partial charge on any atom is 0.0802 e. The van der Waals surface area contributed by atoms with Crippen molar-refractivity contribution in [3.8, 4) is 0 Å². The average Bonchev–Trinajstić information content (AvgIpc) is 3.03. The zero-order valence-electron chi connectivity index (χ0n) is 32.6. The van der Waals surface area contributed by atoms with Crippen molar-refractivity contribution in [3.63, 3.8) is 0 Å². The van der Waals surface area contributed by atoms with Crippen LogP contribution in [0.5, 0.6) is 0 Å². The lowest BCUT2D eigenvalue weighted by molar-refractivity contribution is -0.870. The minimum atomic E-state index is 0. The number of unbranched alkanes of at least 4 members (excludes halogenated alkanes) is 19. The third-order valence-corrected chi connectivity index (χ3v) is 9.03. The molecule has 0 aliphatic heterocycles. The van der Waals surface area contributed by atoms with E-state index in [-0.39, 0.29) is 12.4 Å². The fourth-order valence-corrected chi connectivity index (χ4v) is 6.00. The predicted molar refractivity (Wildman–Crippen MR) is 210 cm³/mol. The number of nitrogens with zero attached hydrogens (tertiary/aromatic N) is 1. The van der Waals surface area contributed by atoms with Crippen molar-refractivity contribution in [1.82, 2.24) is 0 Å². The summed E-state index contributed by atoms with van der Waals surface area (Å²) in [6.07, 6.45) is 56.3. The van der Waals surface area contributed by atoms with Crippen LogP contribution in [0.25, 0.3) is 0 Å². The van der Waals surface area contributed by atoms with Crippen LogP contribution in [0.4, 0.5) is 0 Å². The third-order valence-electron chi connectivity index (χ3n) is 9.03. The Morgan fingerprint density at radius 2 is 0.766 bits per heavy atom. The SMILES string of the molecule is CCCCC/C=C/C/C=C/CCCCCCCCC(CCCCCCCC/C=C/C/C=C/CCCCCC)OCCC[N+](C)(C)C.[Cl-]. The molecule has 0 aliphatic carbocycles. The molecule has 0 aromatic carbocycles. The fourth-order valence-electron chi connectivity index (χ4n) is 6.00. The highest BCUT2D eigenvalue weighted by molar-refractivity contribution is 4.93. The zero-order chi connectivity index (χ0) is 33.7. The summed E-state index contributed by atoms with van der Waals surface area (Å²) >= 11 is 0. The lowest BCUT2D eigenvalue weighted by atomic mass is 10.0. The normalized spacial score (nSPS) is 13.1. The molecule has 0 heterocycles. The summed E-state index contributed by atoms with van der Waals surface area (Å²) in [5, 5.41) is 0. The van der Waals surface area contributed by atoms with E-state index in [1.54, 1.807) is 0 Å². The van der Waals surface area contributed by atoms with Crippen LogP contribution in [0.1, 0.15) is 194 Å². The second-order valence-corrected chi connectivity index (χ2v) is 15.0.